The number of amides is 2. The third-order valence-electron chi connectivity index (χ3n) is 3.00. The summed E-state index contributed by atoms with van der Waals surface area (Å²) < 4.78 is 5.57. The Morgan fingerprint density at radius 3 is 2.62 bits per heavy atom. The van der Waals surface area contributed by atoms with Crippen molar-refractivity contribution in [3.8, 4) is 5.75 Å². The van der Waals surface area contributed by atoms with Gasteiger partial charge in [-0.25, -0.2) is 4.79 Å². The molecule has 1 aromatic carbocycles. The van der Waals surface area contributed by atoms with Gasteiger partial charge in [0, 0.05) is 18.8 Å². The Bertz CT molecular complexity index is 464. The molecule has 0 spiro atoms. The number of nitrogens with one attached hydrogen (secondary N) is 1. The number of benzene rings is 1. The van der Waals surface area contributed by atoms with Crippen molar-refractivity contribution in [2.75, 3.05) is 18.4 Å². The predicted molar refractivity (Wildman–Crippen MR) is 88.4 cm³/mol. The van der Waals surface area contributed by atoms with Crippen molar-refractivity contribution >= 4 is 23.3 Å². The van der Waals surface area contributed by atoms with Gasteiger partial charge >= 0.3 is 6.03 Å². The lowest BCUT2D eigenvalue weighted by Gasteiger charge is -2.21. The first-order valence-electron chi connectivity index (χ1n) is 7.50. The Morgan fingerprint density at radius 1 is 1.38 bits per heavy atom. The van der Waals surface area contributed by atoms with Gasteiger partial charge in [0.05, 0.1) is 11.1 Å². The minimum atomic E-state index is -0.0976. The molecule has 0 aliphatic carbocycles. The standard InChI is InChI=1S/C16H25ClN2O2/c1-5-7-10-19(6-2)16(20)18-13-8-9-15(14(17)11-13)21-12(3)4/h8-9,11-12H,5-7,10H2,1-4H3,(H,18,20). The Balaban J connectivity index is 2.69. The highest BCUT2D eigenvalue weighted by atomic mass is 35.5. The normalized spacial score (nSPS) is 10.6. The molecule has 0 saturated heterocycles. The van der Waals surface area contributed by atoms with Gasteiger partial charge in [0.2, 0.25) is 0 Å². The zero-order valence-corrected chi connectivity index (χ0v) is 14.0. The van der Waals surface area contributed by atoms with E-state index < -0.39 is 0 Å². The van der Waals surface area contributed by atoms with E-state index in [2.05, 4.69) is 12.2 Å². The molecule has 1 rings (SSSR count). The second-order valence-electron chi connectivity index (χ2n) is 5.18. The molecule has 0 heterocycles. The van der Waals surface area contributed by atoms with Crippen LogP contribution in [0.25, 0.3) is 0 Å². The van der Waals surface area contributed by atoms with E-state index in [0.717, 1.165) is 19.4 Å². The number of urea groups is 1. The molecule has 1 N–H and O–H groups in total. The zero-order chi connectivity index (χ0) is 15.8. The van der Waals surface area contributed by atoms with E-state index in [1.807, 2.05) is 20.8 Å². The molecule has 0 aromatic heterocycles. The molecule has 5 heteroatoms. The minimum Gasteiger partial charge on any atom is -0.489 e. The smallest absolute Gasteiger partial charge is 0.321 e. The molecule has 0 bridgehead atoms. The van der Waals surface area contributed by atoms with Crippen LogP contribution < -0.4 is 10.1 Å². The highest BCUT2D eigenvalue weighted by Gasteiger charge is 2.12. The highest BCUT2D eigenvalue weighted by molar-refractivity contribution is 6.32. The quantitative estimate of drug-likeness (QED) is 0.787. The van der Waals surface area contributed by atoms with Gasteiger partial charge in [-0.1, -0.05) is 24.9 Å². The molecular formula is C16H25ClN2O2. The van der Waals surface area contributed by atoms with Gasteiger partial charge in [0.1, 0.15) is 5.75 Å². The Hall–Kier alpha value is -1.42. The average molecular weight is 313 g/mol. The molecule has 0 saturated carbocycles. The first-order valence-corrected chi connectivity index (χ1v) is 7.87. The summed E-state index contributed by atoms with van der Waals surface area (Å²) in [7, 11) is 0. The van der Waals surface area contributed by atoms with E-state index in [4.69, 9.17) is 16.3 Å². The SMILES string of the molecule is CCCCN(CC)C(=O)Nc1ccc(OC(C)C)c(Cl)c1. The number of halogens is 1. The average Bonchev–Trinajstić information content (AvgIpc) is 2.42. The van der Waals surface area contributed by atoms with Crippen LogP contribution in [0.2, 0.25) is 5.02 Å². The molecule has 0 fully saturated rings. The maximum atomic E-state index is 12.2. The summed E-state index contributed by atoms with van der Waals surface area (Å²) in [5.41, 5.74) is 0.677. The number of carbonyl (C=O) groups is 1. The largest absolute Gasteiger partial charge is 0.489 e. The number of hydrogen-bond donors (Lipinski definition) is 1. The number of unbranched alkanes of at least 4 members (excludes halogenated alkanes) is 1. The first-order chi connectivity index (χ1) is 9.97. The topological polar surface area (TPSA) is 41.6 Å². The van der Waals surface area contributed by atoms with Crippen molar-refractivity contribution in [3.05, 3.63) is 23.2 Å². The molecular weight excluding hydrogens is 288 g/mol. The van der Waals surface area contributed by atoms with Crippen molar-refractivity contribution in [2.45, 2.75) is 46.6 Å². The van der Waals surface area contributed by atoms with E-state index in [-0.39, 0.29) is 12.1 Å². The Labute approximate surface area is 132 Å². The van der Waals surface area contributed by atoms with Gasteiger partial charge < -0.3 is 15.0 Å². The van der Waals surface area contributed by atoms with Crippen LogP contribution in [0.15, 0.2) is 18.2 Å². The fourth-order valence-electron chi connectivity index (χ4n) is 1.88. The second kappa shape index (κ2) is 8.78. The number of ether oxygens (including phenoxy) is 1. The lowest BCUT2D eigenvalue weighted by atomic mass is 10.3. The zero-order valence-electron chi connectivity index (χ0n) is 13.3. The summed E-state index contributed by atoms with van der Waals surface area (Å²) in [6.45, 7) is 9.42. The Morgan fingerprint density at radius 2 is 2.10 bits per heavy atom. The van der Waals surface area contributed by atoms with E-state index in [9.17, 15) is 4.79 Å². The number of hydrogen-bond acceptors (Lipinski definition) is 2. The van der Waals surface area contributed by atoms with Crippen LogP contribution in [0, 0.1) is 0 Å². The predicted octanol–water partition coefficient (Wildman–Crippen LogP) is 4.78. The number of carbonyl (C=O) groups excluding carboxylic acids is 1. The monoisotopic (exact) mass is 312 g/mol. The lowest BCUT2D eigenvalue weighted by molar-refractivity contribution is 0.213. The molecule has 0 aliphatic heterocycles. The van der Waals surface area contributed by atoms with E-state index in [1.165, 1.54) is 0 Å². The van der Waals surface area contributed by atoms with E-state index in [0.29, 0.717) is 23.0 Å². The summed E-state index contributed by atoms with van der Waals surface area (Å²) in [6, 6.07) is 5.19. The van der Waals surface area contributed by atoms with Crippen molar-refractivity contribution in [3.63, 3.8) is 0 Å². The minimum absolute atomic E-state index is 0.0626. The highest BCUT2D eigenvalue weighted by Crippen LogP contribution is 2.28. The van der Waals surface area contributed by atoms with Crippen LogP contribution in [0.3, 0.4) is 0 Å². The number of nitrogens with zero attached hydrogens (tertiary/aromatic N) is 1. The third-order valence-corrected chi connectivity index (χ3v) is 3.29. The van der Waals surface area contributed by atoms with Crippen LogP contribution in [0.1, 0.15) is 40.5 Å². The van der Waals surface area contributed by atoms with Crippen LogP contribution in [0.5, 0.6) is 5.75 Å². The van der Waals surface area contributed by atoms with Gasteiger partial charge in [-0.3, -0.25) is 0 Å². The molecule has 4 nitrogen and oxygen atoms in total. The summed E-state index contributed by atoms with van der Waals surface area (Å²) in [5.74, 6) is 0.628. The summed E-state index contributed by atoms with van der Waals surface area (Å²) in [4.78, 5) is 14.0. The van der Waals surface area contributed by atoms with Crippen molar-refractivity contribution < 1.29 is 9.53 Å². The third kappa shape index (κ3) is 5.84. The molecule has 0 atom stereocenters. The van der Waals surface area contributed by atoms with Crippen molar-refractivity contribution in [1.82, 2.24) is 4.90 Å². The Kier molecular flexibility index (Phi) is 7.37. The lowest BCUT2D eigenvalue weighted by Crippen LogP contribution is -2.35. The van der Waals surface area contributed by atoms with Gasteiger partial charge in [-0.15, -0.1) is 0 Å². The first kappa shape index (κ1) is 17.6. The fourth-order valence-corrected chi connectivity index (χ4v) is 2.11. The number of anilines is 1. The van der Waals surface area contributed by atoms with Crippen LogP contribution in [0.4, 0.5) is 10.5 Å². The summed E-state index contributed by atoms with van der Waals surface area (Å²) >= 11 is 6.16. The van der Waals surface area contributed by atoms with E-state index in [1.54, 1.807) is 23.1 Å². The van der Waals surface area contributed by atoms with Crippen LogP contribution in [-0.2, 0) is 0 Å². The van der Waals surface area contributed by atoms with Crippen LogP contribution >= 0.6 is 11.6 Å². The molecule has 2 amide bonds. The van der Waals surface area contributed by atoms with Gasteiger partial charge in [0.25, 0.3) is 0 Å². The molecule has 0 radical (unpaired) electrons. The fraction of sp³-hybridized carbons (Fsp3) is 0.562. The number of rotatable bonds is 7. The molecule has 21 heavy (non-hydrogen) atoms. The molecule has 0 aliphatic rings. The molecule has 118 valence electrons. The summed E-state index contributed by atoms with van der Waals surface area (Å²) in [6.07, 6.45) is 2.13. The van der Waals surface area contributed by atoms with Crippen molar-refractivity contribution in [1.29, 1.82) is 0 Å². The van der Waals surface area contributed by atoms with Gasteiger partial charge in [-0.05, 0) is 45.4 Å². The van der Waals surface area contributed by atoms with Gasteiger partial charge in [0.15, 0.2) is 0 Å². The van der Waals surface area contributed by atoms with Gasteiger partial charge in [-0.2, -0.15) is 0 Å². The molecule has 0 unspecified atom stereocenters. The maximum absolute atomic E-state index is 12.2. The van der Waals surface area contributed by atoms with E-state index >= 15 is 0 Å². The molecule has 1 aromatic rings. The van der Waals surface area contributed by atoms with Crippen LogP contribution in [-0.4, -0.2) is 30.1 Å². The maximum Gasteiger partial charge on any atom is 0.321 e. The second-order valence-corrected chi connectivity index (χ2v) is 5.58. The van der Waals surface area contributed by atoms with Crippen molar-refractivity contribution in [2.24, 2.45) is 0 Å². The summed E-state index contributed by atoms with van der Waals surface area (Å²) in [5, 5.41) is 3.37.